The molecule has 5 rings (SSSR count). The van der Waals surface area contributed by atoms with Gasteiger partial charge < -0.3 is 9.47 Å². The van der Waals surface area contributed by atoms with Crippen LogP contribution in [0.2, 0.25) is 0 Å². The normalized spacial score (nSPS) is 11.6. The predicted octanol–water partition coefficient (Wildman–Crippen LogP) is 5.85. The maximum atomic E-state index is 4.88. The van der Waals surface area contributed by atoms with Crippen LogP contribution in [0.3, 0.4) is 0 Å². The second-order valence-corrected chi connectivity index (χ2v) is 8.73. The number of nitrogens with zero attached hydrogens (tertiary/aromatic N) is 4. The van der Waals surface area contributed by atoms with Gasteiger partial charge in [0.15, 0.2) is 0 Å². The standard InChI is InChI=1S/C30H28N4/c1-33(2)21-27-19-12-20-28(32-27)29-22-34(23-31-29)30(24-13-6-3-7-14-24,25-15-8-4-9-16-25)26-17-10-5-11-18-26/h3-20,22-23H,21H2,1-2H3. The minimum absolute atomic E-state index is 0.573. The van der Waals surface area contributed by atoms with Crippen molar-refractivity contribution in [1.82, 2.24) is 19.4 Å². The maximum absolute atomic E-state index is 4.88. The minimum atomic E-state index is -0.573. The van der Waals surface area contributed by atoms with Crippen LogP contribution in [0.5, 0.6) is 0 Å². The van der Waals surface area contributed by atoms with Crippen LogP contribution in [0.25, 0.3) is 11.4 Å². The number of pyridine rings is 1. The summed E-state index contributed by atoms with van der Waals surface area (Å²) in [5.74, 6) is 0. The Morgan fingerprint density at radius 2 is 1.18 bits per heavy atom. The molecule has 0 amide bonds. The average molecular weight is 445 g/mol. The molecule has 0 aliphatic carbocycles. The van der Waals surface area contributed by atoms with Gasteiger partial charge in [-0.3, -0.25) is 0 Å². The molecule has 0 N–H and O–H groups in total. The highest BCUT2D eigenvalue weighted by Gasteiger charge is 2.38. The van der Waals surface area contributed by atoms with E-state index in [1.54, 1.807) is 0 Å². The molecule has 168 valence electrons. The van der Waals surface area contributed by atoms with Gasteiger partial charge >= 0.3 is 0 Å². The van der Waals surface area contributed by atoms with E-state index in [2.05, 4.69) is 133 Å². The lowest BCUT2D eigenvalue weighted by atomic mass is 9.77. The van der Waals surface area contributed by atoms with Crippen molar-refractivity contribution in [3.05, 3.63) is 144 Å². The number of benzene rings is 3. The van der Waals surface area contributed by atoms with Crippen molar-refractivity contribution in [3.8, 4) is 11.4 Å². The van der Waals surface area contributed by atoms with E-state index in [4.69, 9.17) is 9.97 Å². The van der Waals surface area contributed by atoms with Crippen molar-refractivity contribution in [2.24, 2.45) is 0 Å². The molecule has 0 saturated heterocycles. The van der Waals surface area contributed by atoms with Crippen LogP contribution in [0, 0.1) is 0 Å². The number of hydrogen-bond donors (Lipinski definition) is 0. The number of rotatable bonds is 7. The van der Waals surface area contributed by atoms with Crippen molar-refractivity contribution < 1.29 is 0 Å². The van der Waals surface area contributed by atoms with Crippen molar-refractivity contribution in [1.29, 1.82) is 0 Å². The summed E-state index contributed by atoms with van der Waals surface area (Å²) < 4.78 is 2.22. The second kappa shape index (κ2) is 9.46. The Labute approximate surface area is 201 Å². The Morgan fingerprint density at radius 3 is 1.68 bits per heavy atom. The average Bonchev–Trinajstić information content (AvgIpc) is 3.37. The molecule has 2 heterocycles. The SMILES string of the molecule is CN(C)Cc1cccc(-c2cn(C(c3ccccc3)(c3ccccc3)c3ccccc3)cn2)n1. The third-order valence-electron chi connectivity index (χ3n) is 6.09. The van der Waals surface area contributed by atoms with Gasteiger partial charge in [0, 0.05) is 12.7 Å². The summed E-state index contributed by atoms with van der Waals surface area (Å²) in [6.07, 6.45) is 4.05. The van der Waals surface area contributed by atoms with E-state index in [9.17, 15) is 0 Å². The summed E-state index contributed by atoms with van der Waals surface area (Å²) in [4.78, 5) is 11.8. The molecule has 0 atom stereocenters. The molecule has 0 unspecified atom stereocenters. The molecule has 0 aliphatic heterocycles. The number of imidazole rings is 1. The van der Waals surface area contributed by atoms with E-state index in [-0.39, 0.29) is 0 Å². The largest absolute Gasteiger partial charge is 0.318 e. The lowest BCUT2D eigenvalue weighted by Crippen LogP contribution is -2.36. The third-order valence-corrected chi connectivity index (χ3v) is 6.09. The zero-order valence-corrected chi connectivity index (χ0v) is 19.5. The van der Waals surface area contributed by atoms with Gasteiger partial charge in [0.2, 0.25) is 0 Å². The molecule has 0 bridgehead atoms. The zero-order valence-electron chi connectivity index (χ0n) is 19.5. The summed E-state index contributed by atoms with van der Waals surface area (Å²) in [5, 5.41) is 0. The quantitative estimate of drug-likeness (QED) is 0.296. The Hall–Kier alpha value is -4.02. The topological polar surface area (TPSA) is 34.0 Å². The van der Waals surface area contributed by atoms with Gasteiger partial charge in [-0.1, -0.05) is 97.1 Å². The van der Waals surface area contributed by atoms with Crippen molar-refractivity contribution >= 4 is 0 Å². The van der Waals surface area contributed by atoms with E-state index in [1.165, 1.54) is 16.7 Å². The summed E-state index contributed by atoms with van der Waals surface area (Å²) >= 11 is 0. The fraction of sp³-hybridized carbons (Fsp3) is 0.133. The molecule has 0 spiro atoms. The first kappa shape index (κ1) is 21.8. The van der Waals surface area contributed by atoms with Crippen molar-refractivity contribution in [2.45, 2.75) is 12.1 Å². The van der Waals surface area contributed by atoms with Crippen LogP contribution < -0.4 is 0 Å². The van der Waals surface area contributed by atoms with E-state index >= 15 is 0 Å². The van der Waals surface area contributed by atoms with E-state index < -0.39 is 5.54 Å². The lowest BCUT2D eigenvalue weighted by molar-refractivity contribution is 0.397. The molecule has 34 heavy (non-hydrogen) atoms. The second-order valence-electron chi connectivity index (χ2n) is 8.73. The zero-order chi connectivity index (χ0) is 23.4. The van der Waals surface area contributed by atoms with Crippen LogP contribution in [0.15, 0.2) is 122 Å². The Bertz CT molecular complexity index is 1250. The first-order valence-corrected chi connectivity index (χ1v) is 11.5. The predicted molar refractivity (Wildman–Crippen MR) is 137 cm³/mol. The summed E-state index contributed by atoms with van der Waals surface area (Å²) in [5.41, 5.74) is 5.70. The molecule has 0 aliphatic rings. The van der Waals surface area contributed by atoms with Gasteiger partial charge in [0.1, 0.15) is 11.2 Å². The molecule has 0 saturated carbocycles. The molecule has 0 fully saturated rings. The highest BCUT2D eigenvalue weighted by atomic mass is 15.1. The maximum Gasteiger partial charge on any atom is 0.121 e. The molecule has 5 aromatic rings. The van der Waals surface area contributed by atoms with Crippen LogP contribution in [0.1, 0.15) is 22.4 Å². The molecular formula is C30H28N4. The molecule has 2 aromatic heterocycles. The highest BCUT2D eigenvalue weighted by molar-refractivity contribution is 5.56. The molecule has 0 radical (unpaired) electrons. The monoisotopic (exact) mass is 444 g/mol. The minimum Gasteiger partial charge on any atom is -0.318 e. The van der Waals surface area contributed by atoms with Gasteiger partial charge in [-0.05, 0) is 42.9 Å². The first-order chi connectivity index (χ1) is 16.7. The van der Waals surface area contributed by atoms with Gasteiger partial charge in [0.05, 0.1) is 17.7 Å². The summed E-state index contributed by atoms with van der Waals surface area (Å²) in [6.45, 7) is 0.788. The fourth-order valence-corrected chi connectivity index (χ4v) is 4.66. The Balaban J connectivity index is 1.73. The van der Waals surface area contributed by atoms with Gasteiger partial charge in [-0.15, -0.1) is 0 Å². The fourth-order valence-electron chi connectivity index (χ4n) is 4.66. The highest BCUT2D eigenvalue weighted by Crippen LogP contribution is 2.41. The molecular weight excluding hydrogens is 416 g/mol. The van der Waals surface area contributed by atoms with Crippen molar-refractivity contribution in [3.63, 3.8) is 0 Å². The summed E-state index contributed by atoms with van der Waals surface area (Å²) in [6, 6.07) is 38.0. The third kappa shape index (κ3) is 4.04. The van der Waals surface area contributed by atoms with E-state index in [0.29, 0.717) is 0 Å². The Kier molecular flexibility index (Phi) is 6.07. The lowest BCUT2D eigenvalue weighted by Gasteiger charge is -2.37. The van der Waals surface area contributed by atoms with E-state index in [1.807, 2.05) is 12.4 Å². The summed E-state index contributed by atoms with van der Waals surface area (Å²) in [7, 11) is 4.11. The van der Waals surface area contributed by atoms with Gasteiger partial charge in [-0.2, -0.15) is 0 Å². The van der Waals surface area contributed by atoms with Crippen LogP contribution in [-0.4, -0.2) is 33.5 Å². The molecule has 4 nitrogen and oxygen atoms in total. The smallest absolute Gasteiger partial charge is 0.121 e. The van der Waals surface area contributed by atoms with Crippen LogP contribution in [-0.2, 0) is 12.1 Å². The van der Waals surface area contributed by atoms with Crippen LogP contribution >= 0.6 is 0 Å². The molecule has 4 heteroatoms. The van der Waals surface area contributed by atoms with E-state index in [0.717, 1.165) is 23.6 Å². The van der Waals surface area contributed by atoms with Gasteiger partial charge in [-0.25, -0.2) is 9.97 Å². The number of hydrogen-bond acceptors (Lipinski definition) is 3. The van der Waals surface area contributed by atoms with Crippen LogP contribution in [0.4, 0.5) is 0 Å². The van der Waals surface area contributed by atoms with Gasteiger partial charge in [0.25, 0.3) is 0 Å². The molecule has 3 aromatic carbocycles. The number of aromatic nitrogens is 3. The Morgan fingerprint density at radius 1 is 0.647 bits per heavy atom. The van der Waals surface area contributed by atoms with Crippen molar-refractivity contribution in [2.75, 3.05) is 14.1 Å². The first-order valence-electron chi connectivity index (χ1n) is 11.5.